The number of benzene rings is 1. The molecule has 0 aliphatic carbocycles. The number of hydrogen-bond donors (Lipinski definition) is 1. The Morgan fingerprint density at radius 1 is 1.10 bits per heavy atom. The van der Waals surface area contributed by atoms with E-state index in [1.165, 1.54) is 4.90 Å². The Bertz CT molecular complexity index is 714. The van der Waals surface area contributed by atoms with E-state index in [1.807, 2.05) is 19.1 Å². The zero-order chi connectivity index (χ0) is 15.7. The highest BCUT2D eigenvalue weighted by Crippen LogP contribution is 2.24. The maximum atomic E-state index is 12.3. The number of hydrogen-bond acceptors (Lipinski definition) is 2. The largest absolute Gasteiger partial charge is 0.478 e. The van der Waals surface area contributed by atoms with E-state index >= 15 is 0 Å². The average Bonchev–Trinajstić information content (AvgIpc) is 2.73. The van der Waals surface area contributed by atoms with Gasteiger partial charge < -0.3 is 14.6 Å². The Kier molecular flexibility index (Phi) is 3.84. The van der Waals surface area contributed by atoms with Crippen LogP contribution >= 0.6 is 0 Å². The summed E-state index contributed by atoms with van der Waals surface area (Å²) in [7, 11) is 3.38. The van der Waals surface area contributed by atoms with Gasteiger partial charge in [-0.3, -0.25) is 4.79 Å². The summed E-state index contributed by atoms with van der Waals surface area (Å²) in [5.74, 6) is -1.08. The average molecular weight is 286 g/mol. The Labute approximate surface area is 123 Å². The molecule has 5 nitrogen and oxygen atoms in total. The fourth-order valence-corrected chi connectivity index (χ4v) is 2.44. The molecule has 0 fully saturated rings. The Morgan fingerprint density at radius 3 is 2.24 bits per heavy atom. The summed E-state index contributed by atoms with van der Waals surface area (Å²) in [6, 6.07) is 8.82. The van der Waals surface area contributed by atoms with E-state index in [0.717, 1.165) is 5.69 Å². The van der Waals surface area contributed by atoms with Crippen molar-refractivity contribution in [1.29, 1.82) is 0 Å². The number of carbonyl (C=O) groups is 2. The van der Waals surface area contributed by atoms with Crippen molar-refractivity contribution in [1.82, 2.24) is 9.47 Å². The number of rotatable bonds is 3. The molecule has 110 valence electrons. The minimum atomic E-state index is -0.967. The third kappa shape index (κ3) is 2.54. The molecule has 1 heterocycles. The Morgan fingerprint density at radius 2 is 1.71 bits per heavy atom. The summed E-state index contributed by atoms with van der Waals surface area (Å²) in [5.41, 5.74) is 2.88. The van der Waals surface area contributed by atoms with Gasteiger partial charge in [0.05, 0.1) is 16.8 Å². The third-order valence-electron chi connectivity index (χ3n) is 3.44. The van der Waals surface area contributed by atoms with E-state index in [4.69, 9.17) is 0 Å². The quantitative estimate of drug-likeness (QED) is 0.943. The lowest BCUT2D eigenvalue weighted by molar-refractivity contribution is 0.0695. The van der Waals surface area contributed by atoms with Crippen molar-refractivity contribution >= 4 is 11.9 Å². The van der Waals surface area contributed by atoms with Gasteiger partial charge in [0.15, 0.2) is 0 Å². The summed E-state index contributed by atoms with van der Waals surface area (Å²) in [4.78, 5) is 25.1. The maximum absolute atomic E-state index is 12.3. The minimum absolute atomic E-state index is 0.116. The van der Waals surface area contributed by atoms with Crippen LogP contribution in [0.3, 0.4) is 0 Å². The van der Waals surface area contributed by atoms with Gasteiger partial charge in [-0.1, -0.05) is 12.1 Å². The highest BCUT2D eigenvalue weighted by Gasteiger charge is 2.20. The van der Waals surface area contributed by atoms with Gasteiger partial charge in [-0.15, -0.1) is 0 Å². The molecule has 0 aliphatic heterocycles. The van der Waals surface area contributed by atoms with E-state index in [-0.39, 0.29) is 11.5 Å². The molecule has 21 heavy (non-hydrogen) atoms. The van der Waals surface area contributed by atoms with Crippen molar-refractivity contribution in [2.24, 2.45) is 0 Å². The standard InChI is InChI=1S/C16H18N2O3/c1-10-9-13(16(20)21)11(2)18(10)14-8-6-5-7-12(14)15(19)17(3)4/h5-9H,1-4H3,(H,20,21). The number of para-hydroxylation sites is 1. The van der Waals surface area contributed by atoms with Crippen molar-refractivity contribution < 1.29 is 14.7 Å². The van der Waals surface area contributed by atoms with Crippen molar-refractivity contribution in [3.05, 3.63) is 52.8 Å². The molecule has 2 aromatic rings. The van der Waals surface area contributed by atoms with Crippen molar-refractivity contribution in [3.63, 3.8) is 0 Å². The molecule has 0 bridgehead atoms. The molecule has 0 saturated heterocycles. The van der Waals surface area contributed by atoms with Crippen LogP contribution in [0.15, 0.2) is 30.3 Å². The van der Waals surface area contributed by atoms with E-state index in [0.29, 0.717) is 16.9 Å². The molecule has 1 amide bonds. The van der Waals surface area contributed by atoms with Crippen LogP contribution in [0, 0.1) is 13.8 Å². The molecule has 0 spiro atoms. The first-order chi connectivity index (χ1) is 9.84. The lowest BCUT2D eigenvalue weighted by Gasteiger charge is -2.17. The molecule has 1 aromatic carbocycles. The van der Waals surface area contributed by atoms with Gasteiger partial charge in [0.1, 0.15) is 0 Å². The van der Waals surface area contributed by atoms with Gasteiger partial charge in [0.2, 0.25) is 0 Å². The van der Waals surface area contributed by atoms with Gasteiger partial charge in [-0.25, -0.2) is 4.79 Å². The van der Waals surface area contributed by atoms with Crippen LogP contribution in [0.25, 0.3) is 5.69 Å². The van der Waals surface area contributed by atoms with Crippen LogP contribution < -0.4 is 0 Å². The van der Waals surface area contributed by atoms with E-state index < -0.39 is 5.97 Å². The molecule has 0 saturated carbocycles. The van der Waals surface area contributed by atoms with Crippen molar-refractivity contribution in [3.8, 4) is 5.69 Å². The molecule has 1 N–H and O–H groups in total. The normalized spacial score (nSPS) is 10.5. The van der Waals surface area contributed by atoms with Crippen molar-refractivity contribution in [2.75, 3.05) is 14.1 Å². The second-order valence-corrected chi connectivity index (χ2v) is 5.14. The number of nitrogens with zero attached hydrogens (tertiary/aromatic N) is 2. The predicted molar refractivity (Wildman–Crippen MR) is 80.2 cm³/mol. The number of carboxylic acid groups (broad SMARTS) is 1. The summed E-state index contributed by atoms with van der Waals surface area (Å²) in [5, 5.41) is 9.23. The van der Waals surface area contributed by atoms with Gasteiger partial charge in [-0.2, -0.15) is 0 Å². The molecule has 0 aliphatic rings. The number of carbonyl (C=O) groups excluding carboxylic acids is 1. The number of aromatic nitrogens is 1. The van der Waals surface area contributed by atoms with E-state index in [2.05, 4.69) is 0 Å². The van der Waals surface area contributed by atoms with Gasteiger partial charge in [0, 0.05) is 25.5 Å². The lowest BCUT2D eigenvalue weighted by atomic mass is 10.1. The first-order valence-corrected chi connectivity index (χ1v) is 6.58. The molecular formula is C16H18N2O3. The van der Waals surface area contributed by atoms with Gasteiger partial charge in [0.25, 0.3) is 5.91 Å². The summed E-state index contributed by atoms with van der Waals surface area (Å²) < 4.78 is 1.81. The molecule has 1 aromatic heterocycles. The first-order valence-electron chi connectivity index (χ1n) is 6.58. The number of amides is 1. The van der Waals surface area contributed by atoms with Crippen LogP contribution in [0.4, 0.5) is 0 Å². The Hall–Kier alpha value is -2.56. The minimum Gasteiger partial charge on any atom is -0.478 e. The van der Waals surface area contributed by atoms with Crippen LogP contribution in [0.2, 0.25) is 0 Å². The number of aryl methyl sites for hydroxylation is 1. The second kappa shape index (κ2) is 5.44. The maximum Gasteiger partial charge on any atom is 0.337 e. The highest BCUT2D eigenvalue weighted by molar-refractivity contribution is 5.98. The molecule has 2 rings (SSSR count). The van der Waals surface area contributed by atoms with Crippen LogP contribution in [0.5, 0.6) is 0 Å². The SMILES string of the molecule is Cc1cc(C(=O)O)c(C)n1-c1ccccc1C(=O)N(C)C. The molecule has 5 heteroatoms. The summed E-state index contributed by atoms with van der Waals surface area (Å²) in [6.45, 7) is 3.57. The smallest absolute Gasteiger partial charge is 0.337 e. The fourth-order valence-electron chi connectivity index (χ4n) is 2.44. The number of aromatic carboxylic acids is 1. The van der Waals surface area contributed by atoms with Crippen LogP contribution in [-0.2, 0) is 0 Å². The summed E-state index contributed by atoms with van der Waals surface area (Å²) in [6.07, 6.45) is 0. The molecular weight excluding hydrogens is 268 g/mol. The zero-order valence-corrected chi connectivity index (χ0v) is 12.5. The highest BCUT2D eigenvalue weighted by atomic mass is 16.4. The van der Waals surface area contributed by atoms with Gasteiger partial charge in [-0.05, 0) is 32.0 Å². The predicted octanol–water partition coefficient (Wildman–Crippen LogP) is 2.49. The van der Waals surface area contributed by atoms with Crippen LogP contribution in [-0.4, -0.2) is 40.5 Å². The van der Waals surface area contributed by atoms with Crippen LogP contribution in [0.1, 0.15) is 32.1 Å². The monoisotopic (exact) mass is 286 g/mol. The van der Waals surface area contributed by atoms with E-state index in [9.17, 15) is 14.7 Å². The van der Waals surface area contributed by atoms with Gasteiger partial charge >= 0.3 is 5.97 Å². The first kappa shape index (κ1) is 14.8. The second-order valence-electron chi connectivity index (χ2n) is 5.14. The molecule has 0 atom stereocenters. The molecule has 0 radical (unpaired) electrons. The lowest BCUT2D eigenvalue weighted by Crippen LogP contribution is -2.23. The Balaban J connectivity index is 2.69. The van der Waals surface area contributed by atoms with Crippen molar-refractivity contribution in [2.45, 2.75) is 13.8 Å². The third-order valence-corrected chi connectivity index (χ3v) is 3.44. The molecule has 0 unspecified atom stereocenters. The summed E-state index contributed by atoms with van der Waals surface area (Å²) >= 11 is 0. The number of carboxylic acids is 1. The van der Waals surface area contributed by atoms with E-state index in [1.54, 1.807) is 43.8 Å². The fraction of sp³-hybridized carbons (Fsp3) is 0.250. The zero-order valence-electron chi connectivity index (χ0n) is 12.5. The topological polar surface area (TPSA) is 62.5 Å².